The van der Waals surface area contributed by atoms with Gasteiger partial charge < -0.3 is 15.7 Å². The van der Waals surface area contributed by atoms with Crippen molar-refractivity contribution in [3.63, 3.8) is 0 Å². The molecule has 0 fully saturated rings. The molecule has 0 aliphatic rings. The van der Waals surface area contributed by atoms with E-state index < -0.39 is 11.5 Å². The molecule has 0 saturated heterocycles. The Balaban J connectivity index is 4.14. The standard InChI is InChI=1S/C12H26N2O2/c1-9(2)6-7-14(5)10(3)8-12(4,13)11(15)16/h9-10H,6-8,13H2,1-5H3,(H,15,16). The van der Waals surface area contributed by atoms with Gasteiger partial charge in [-0.2, -0.15) is 0 Å². The first-order valence-corrected chi connectivity index (χ1v) is 5.89. The van der Waals surface area contributed by atoms with E-state index in [1.807, 2.05) is 14.0 Å². The molecule has 4 nitrogen and oxygen atoms in total. The Kier molecular flexibility index (Phi) is 5.97. The highest BCUT2D eigenvalue weighted by Gasteiger charge is 2.30. The maximum atomic E-state index is 10.9. The number of nitrogens with two attached hydrogens (primary N) is 1. The monoisotopic (exact) mass is 230 g/mol. The van der Waals surface area contributed by atoms with Crippen molar-refractivity contribution in [3.05, 3.63) is 0 Å². The van der Waals surface area contributed by atoms with Crippen LogP contribution >= 0.6 is 0 Å². The lowest BCUT2D eigenvalue weighted by atomic mass is 9.94. The second kappa shape index (κ2) is 6.21. The van der Waals surface area contributed by atoms with Crippen molar-refractivity contribution in [3.8, 4) is 0 Å². The quantitative estimate of drug-likeness (QED) is 0.696. The van der Waals surface area contributed by atoms with E-state index in [9.17, 15) is 4.79 Å². The molecule has 4 heteroatoms. The van der Waals surface area contributed by atoms with Crippen molar-refractivity contribution < 1.29 is 9.90 Å². The van der Waals surface area contributed by atoms with Crippen molar-refractivity contribution >= 4 is 5.97 Å². The van der Waals surface area contributed by atoms with Crippen molar-refractivity contribution in [2.45, 2.75) is 52.1 Å². The van der Waals surface area contributed by atoms with Crippen LogP contribution in [0.3, 0.4) is 0 Å². The molecule has 16 heavy (non-hydrogen) atoms. The van der Waals surface area contributed by atoms with Gasteiger partial charge in [-0.25, -0.2) is 0 Å². The molecule has 0 bridgehead atoms. The molecule has 3 N–H and O–H groups in total. The highest BCUT2D eigenvalue weighted by atomic mass is 16.4. The summed E-state index contributed by atoms with van der Waals surface area (Å²) < 4.78 is 0. The maximum absolute atomic E-state index is 10.9. The van der Waals surface area contributed by atoms with Crippen molar-refractivity contribution in [1.82, 2.24) is 4.90 Å². The second-order valence-corrected chi connectivity index (χ2v) is 5.44. The number of hydrogen-bond acceptors (Lipinski definition) is 3. The molecule has 0 spiro atoms. The molecule has 0 aromatic carbocycles. The zero-order chi connectivity index (χ0) is 12.9. The first-order valence-electron chi connectivity index (χ1n) is 5.89. The zero-order valence-electron chi connectivity index (χ0n) is 11.2. The minimum Gasteiger partial charge on any atom is -0.480 e. The molecule has 2 atom stereocenters. The highest BCUT2D eigenvalue weighted by molar-refractivity contribution is 5.77. The van der Waals surface area contributed by atoms with Crippen LogP contribution in [0, 0.1) is 5.92 Å². The molecule has 0 aromatic rings. The van der Waals surface area contributed by atoms with Gasteiger partial charge in [0.05, 0.1) is 0 Å². The normalized spacial score (nSPS) is 17.5. The summed E-state index contributed by atoms with van der Waals surface area (Å²) in [6.45, 7) is 8.94. The number of nitrogens with zero attached hydrogens (tertiary/aromatic N) is 1. The summed E-state index contributed by atoms with van der Waals surface area (Å²) in [7, 11) is 2.02. The lowest BCUT2D eigenvalue weighted by Crippen LogP contribution is -2.49. The van der Waals surface area contributed by atoms with Crippen molar-refractivity contribution in [1.29, 1.82) is 0 Å². The van der Waals surface area contributed by atoms with Gasteiger partial charge in [0.25, 0.3) is 0 Å². The van der Waals surface area contributed by atoms with E-state index in [0.717, 1.165) is 13.0 Å². The van der Waals surface area contributed by atoms with Crippen LogP contribution in [0.2, 0.25) is 0 Å². The van der Waals surface area contributed by atoms with E-state index in [0.29, 0.717) is 12.3 Å². The number of hydrogen-bond donors (Lipinski definition) is 2. The van der Waals surface area contributed by atoms with Crippen LogP contribution in [0.15, 0.2) is 0 Å². The molecule has 0 amide bonds. The number of carboxylic acids is 1. The van der Waals surface area contributed by atoms with Crippen LogP contribution < -0.4 is 5.73 Å². The Labute approximate surface area is 98.8 Å². The summed E-state index contributed by atoms with van der Waals surface area (Å²) in [6, 6.07) is 0.185. The Morgan fingerprint density at radius 3 is 2.31 bits per heavy atom. The Bertz CT molecular complexity index is 227. The van der Waals surface area contributed by atoms with Gasteiger partial charge in [0.1, 0.15) is 5.54 Å². The van der Waals surface area contributed by atoms with Crippen LogP contribution in [-0.2, 0) is 4.79 Å². The summed E-state index contributed by atoms with van der Waals surface area (Å²) in [5, 5.41) is 8.95. The number of carboxylic acid groups (broad SMARTS) is 1. The minimum atomic E-state index is -1.13. The van der Waals surface area contributed by atoms with Crippen molar-refractivity contribution in [2.24, 2.45) is 11.7 Å². The Morgan fingerprint density at radius 2 is 1.94 bits per heavy atom. The zero-order valence-corrected chi connectivity index (χ0v) is 11.2. The fourth-order valence-electron chi connectivity index (χ4n) is 1.54. The van der Waals surface area contributed by atoms with Gasteiger partial charge in [-0.05, 0) is 46.2 Å². The predicted octanol–water partition coefficient (Wildman–Crippen LogP) is 1.54. The van der Waals surface area contributed by atoms with E-state index in [1.54, 1.807) is 6.92 Å². The SMILES string of the molecule is CC(C)CCN(C)C(C)CC(C)(N)C(=O)O. The van der Waals surface area contributed by atoms with Gasteiger partial charge in [0.15, 0.2) is 0 Å². The fraction of sp³-hybridized carbons (Fsp3) is 0.917. The van der Waals surface area contributed by atoms with E-state index >= 15 is 0 Å². The van der Waals surface area contributed by atoms with Crippen LogP contribution in [-0.4, -0.2) is 41.1 Å². The third-order valence-electron chi connectivity index (χ3n) is 3.02. The third-order valence-corrected chi connectivity index (χ3v) is 3.02. The molecule has 0 saturated carbocycles. The molecule has 96 valence electrons. The largest absolute Gasteiger partial charge is 0.480 e. The van der Waals surface area contributed by atoms with E-state index in [-0.39, 0.29) is 6.04 Å². The van der Waals surface area contributed by atoms with Gasteiger partial charge in [-0.3, -0.25) is 4.79 Å². The van der Waals surface area contributed by atoms with Gasteiger partial charge >= 0.3 is 5.97 Å². The minimum absolute atomic E-state index is 0.185. The summed E-state index contributed by atoms with van der Waals surface area (Å²) in [6.07, 6.45) is 1.59. The van der Waals surface area contributed by atoms with Crippen LogP contribution in [0.5, 0.6) is 0 Å². The Morgan fingerprint density at radius 1 is 1.44 bits per heavy atom. The summed E-state index contributed by atoms with van der Waals surface area (Å²) in [4.78, 5) is 13.1. The number of aliphatic carboxylic acids is 1. The fourth-order valence-corrected chi connectivity index (χ4v) is 1.54. The average molecular weight is 230 g/mol. The van der Waals surface area contributed by atoms with Gasteiger partial charge in [0.2, 0.25) is 0 Å². The maximum Gasteiger partial charge on any atom is 0.323 e. The van der Waals surface area contributed by atoms with E-state index in [1.165, 1.54) is 0 Å². The molecule has 2 unspecified atom stereocenters. The van der Waals surface area contributed by atoms with E-state index in [4.69, 9.17) is 10.8 Å². The molecule has 0 rings (SSSR count). The summed E-state index contributed by atoms with van der Waals surface area (Å²) in [5.41, 5.74) is 4.59. The van der Waals surface area contributed by atoms with Gasteiger partial charge in [-0.1, -0.05) is 13.8 Å². The van der Waals surface area contributed by atoms with Crippen molar-refractivity contribution in [2.75, 3.05) is 13.6 Å². The molecular weight excluding hydrogens is 204 g/mol. The predicted molar refractivity (Wildman–Crippen MR) is 66.4 cm³/mol. The Hall–Kier alpha value is -0.610. The third kappa shape index (κ3) is 5.47. The number of rotatable bonds is 7. The molecular formula is C12H26N2O2. The molecule has 0 aromatic heterocycles. The van der Waals surface area contributed by atoms with Crippen LogP contribution in [0.1, 0.15) is 40.5 Å². The van der Waals surface area contributed by atoms with Gasteiger partial charge in [-0.15, -0.1) is 0 Å². The second-order valence-electron chi connectivity index (χ2n) is 5.44. The summed E-state index contributed by atoms with van der Waals surface area (Å²) in [5.74, 6) is -0.269. The average Bonchev–Trinajstić information content (AvgIpc) is 2.12. The summed E-state index contributed by atoms with van der Waals surface area (Å²) >= 11 is 0. The van der Waals surface area contributed by atoms with E-state index in [2.05, 4.69) is 18.7 Å². The molecule has 0 aliphatic heterocycles. The van der Waals surface area contributed by atoms with Crippen LogP contribution in [0.25, 0.3) is 0 Å². The first-order chi connectivity index (χ1) is 7.16. The topological polar surface area (TPSA) is 66.6 Å². The smallest absolute Gasteiger partial charge is 0.323 e. The van der Waals surface area contributed by atoms with Gasteiger partial charge in [0, 0.05) is 6.04 Å². The first kappa shape index (κ1) is 15.4. The lowest BCUT2D eigenvalue weighted by molar-refractivity contribution is -0.143. The molecule has 0 aliphatic carbocycles. The number of carbonyl (C=O) groups is 1. The van der Waals surface area contributed by atoms with Crippen LogP contribution in [0.4, 0.5) is 0 Å². The molecule has 0 heterocycles. The highest BCUT2D eigenvalue weighted by Crippen LogP contribution is 2.14. The molecule has 0 radical (unpaired) electrons. The lowest BCUT2D eigenvalue weighted by Gasteiger charge is -2.30.